The average Bonchev–Trinajstić information content (AvgIpc) is 2.50. The Hall–Kier alpha value is -1.80. The molecule has 0 unspecified atom stereocenters. The van der Waals surface area contributed by atoms with Crippen molar-refractivity contribution >= 4 is 22.5 Å². The van der Waals surface area contributed by atoms with E-state index in [1.165, 1.54) is 17.3 Å². The Bertz CT molecular complexity index is 573. The van der Waals surface area contributed by atoms with Gasteiger partial charge in [-0.1, -0.05) is 85.4 Å². The van der Waals surface area contributed by atoms with Crippen LogP contribution in [0, 0.1) is 0 Å². The Labute approximate surface area is 124 Å². The second-order valence-corrected chi connectivity index (χ2v) is 5.63. The third-order valence-corrected chi connectivity index (χ3v) is 3.74. The van der Waals surface area contributed by atoms with Gasteiger partial charge in [-0.2, -0.15) is 0 Å². The van der Waals surface area contributed by atoms with E-state index in [9.17, 15) is 4.79 Å². The molecule has 0 aromatic heterocycles. The van der Waals surface area contributed by atoms with E-state index in [1.807, 2.05) is 61.5 Å². The summed E-state index contributed by atoms with van der Waals surface area (Å²) < 4.78 is 0. The van der Waals surface area contributed by atoms with Crippen LogP contribution in [0.1, 0.15) is 18.1 Å². The molecule has 20 heavy (non-hydrogen) atoms. The fourth-order valence-corrected chi connectivity index (χ4v) is 2.60. The highest BCUT2D eigenvalue weighted by atomic mass is 32.2. The van der Waals surface area contributed by atoms with E-state index in [4.69, 9.17) is 0 Å². The van der Waals surface area contributed by atoms with E-state index in [0.717, 1.165) is 23.3 Å². The van der Waals surface area contributed by atoms with Gasteiger partial charge in [0.15, 0.2) is 0 Å². The number of hydrogen-bond donors (Lipinski definition) is 0. The van der Waals surface area contributed by atoms with E-state index in [1.54, 1.807) is 0 Å². The lowest BCUT2D eigenvalue weighted by Crippen LogP contribution is -1.98. The molecule has 2 aromatic carbocycles. The van der Waals surface area contributed by atoms with Gasteiger partial charge in [-0.3, -0.25) is 4.79 Å². The summed E-state index contributed by atoms with van der Waals surface area (Å²) in [4.78, 5) is 12.3. The molecule has 1 nitrogen and oxygen atoms in total. The van der Waals surface area contributed by atoms with Crippen molar-refractivity contribution in [2.75, 3.05) is 5.75 Å². The van der Waals surface area contributed by atoms with Crippen molar-refractivity contribution in [2.24, 2.45) is 0 Å². The second kappa shape index (κ2) is 7.71. The van der Waals surface area contributed by atoms with E-state index < -0.39 is 0 Å². The number of carbonyl (C=O) groups is 1. The number of benzene rings is 2. The van der Waals surface area contributed by atoms with Crippen molar-refractivity contribution in [3.05, 3.63) is 77.9 Å². The lowest BCUT2D eigenvalue weighted by Gasteiger charge is -2.06. The molecule has 0 saturated heterocycles. The molecule has 0 radical (unpaired) electrons. The molecule has 0 aliphatic heterocycles. The fraction of sp³-hybridized carbons (Fsp3) is 0.167. The van der Waals surface area contributed by atoms with Crippen LogP contribution < -0.4 is 0 Å². The SMILES string of the molecule is CCSC(=O)/C(=C/Cc1ccccc1)c1ccccc1. The largest absolute Gasteiger partial charge is 0.282 e. The maximum absolute atomic E-state index is 12.3. The zero-order valence-corrected chi connectivity index (χ0v) is 12.4. The normalized spacial score (nSPS) is 11.3. The highest BCUT2D eigenvalue weighted by Crippen LogP contribution is 2.22. The first-order valence-electron chi connectivity index (χ1n) is 6.78. The van der Waals surface area contributed by atoms with E-state index in [2.05, 4.69) is 12.1 Å². The predicted molar refractivity (Wildman–Crippen MR) is 87.7 cm³/mol. The lowest BCUT2D eigenvalue weighted by molar-refractivity contribution is -0.106. The molecule has 0 spiro atoms. The van der Waals surface area contributed by atoms with Gasteiger partial charge in [0.25, 0.3) is 0 Å². The van der Waals surface area contributed by atoms with Crippen LogP contribution in [0.15, 0.2) is 66.7 Å². The molecule has 0 heterocycles. The van der Waals surface area contributed by atoms with E-state index in [0.29, 0.717) is 0 Å². The first kappa shape index (κ1) is 14.6. The summed E-state index contributed by atoms with van der Waals surface area (Å²) >= 11 is 1.36. The van der Waals surface area contributed by atoms with Crippen LogP contribution >= 0.6 is 11.8 Å². The molecule has 0 amide bonds. The van der Waals surface area contributed by atoms with Gasteiger partial charge in [0.1, 0.15) is 0 Å². The zero-order chi connectivity index (χ0) is 14.2. The maximum Gasteiger partial charge on any atom is 0.219 e. The van der Waals surface area contributed by atoms with Crippen LogP contribution in [-0.4, -0.2) is 10.9 Å². The molecule has 0 atom stereocenters. The van der Waals surface area contributed by atoms with E-state index in [-0.39, 0.29) is 5.12 Å². The summed E-state index contributed by atoms with van der Waals surface area (Å²) in [5, 5.41) is 0.148. The average molecular weight is 282 g/mol. The second-order valence-electron chi connectivity index (χ2n) is 4.39. The van der Waals surface area contributed by atoms with Crippen LogP contribution in [0.3, 0.4) is 0 Å². The Morgan fingerprint density at radius 3 is 2.20 bits per heavy atom. The van der Waals surface area contributed by atoms with Gasteiger partial charge in [0, 0.05) is 5.57 Å². The summed E-state index contributed by atoms with van der Waals surface area (Å²) in [6.45, 7) is 2.00. The van der Waals surface area contributed by atoms with Gasteiger partial charge in [0.05, 0.1) is 0 Å². The molecule has 0 saturated carbocycles. The summed E-state index contributed by atoms with van der Waals surface area (Å²) in [6.07, 6.45) is 2.82. The molecular formula is C18H18OS. The minimum atomic E-state index is 0.148. The van der Waals surface area contributed by atoms with Crippen molar-refractivity contribution < 1.29 is 4.79 Å². The molecule has 0 N–H and O–H groups in total. The van der Waals surface area contributed by atoms with Crippen molar-refractivity contribution in [3.63, 3.8) is 0 Å². The first-order chi connectivity index (χ1) is 9.81. The highest BCUT2D eigenvalue weighted by Gasteiger charge is 2.11. The third kappa shape index (κ3) is 4.10. The summed E-state index contributed by atoms with van der Waals surface area (Å²) in [7, 11) is 0. The summed E-state index contributed by atoms with van der Waals surface area (Å²) in [5.74, 6) is 0.800. The van der Waals surface area contributed by atoms with Crippen molar-refractivity contribution in [3.8, 4) is 0 Å². The van der Waals surface area contributed by atoms with Crippen LogP contribution in [-0.2, 0) is 11.2 Å². The van der Waals surface area contributed by atoms with Crippen molar-refractivity contribution in [1.82, 2.24) is 0 Å². The summed E-state index contributed by atoms with van der Waals surface area (Å²) in [6, 6.07) is 20.1. The number of rotatable bonds is 5. The molecular weight excluding hydrogens is 264 g/mol. The minimum Gasteiger partial charge on any atom is -0.282 e. The highest BCUT2D eigenvalue weighted by molar-refractivity contribution is 8.14. The molecule has 0 aliphatic carbocycles. The predicted octanol–water partition coefficient (Wildman–Crippen LogP) is 4.59. The van der Waals surface area contributed by atoms with E-state index >= 15 is 0 Å². The van der Waals surface area contributed by atoms with Crippen LogP contribution in [0.5, 0.6) is 0 Å². The van der Waals surface area contributed by atoms with Crippen LogP contribution in [0.25, 0.3) is 5.57 Å². The van der Waals surface area contributed by atoms with Gasteiger partial charge < -0.3 is 0 Å². The van der Waals surface area contributed by atoms with Gasteiger partial charge >= 0.3 is 0 Å². The molecule has 0 fully saturated rings. The topological polar surface area (TPSA) is 17.1 Å². The Balaban J connectivity index is 2.25. The molecule has 2 heteroatoms. The Morgan fingerprint density at radius 1 is 1.00 bits per heavy atom. The zero-order valence-electron chi connectivity index (χ0n) is 11.6. The lowest BCUT2D eigenvalue weighted by atomic mass is 10.0. The monoisotopic (exact) mass is 282 g/mol. The number of hydrogen-bond acceptors (Lipinski definition) is 2. The standard InChI is InChI=1S/C18H18OS/c1-2-20-18(19)17(16-11-7-4-8-12-16)14-13-15-9-5-3-6-10-15/h3-12,14H,2,13H2,1H3/b17-14+. The quantitative estimate of drug-likeness (QED) is 0.746. The third-order valence-electron chi connectivity index (χ3n) is 2.96. The van der Waals surface area contributed by atoms with Crippen LogP contribution in [0.4, 0.5) is 0 Å². The number of allylic oxidation sites excluding steroid dienone is 1. The van der Waals surface area contributed by atoms with Crippen molar-refractivity contribution in [1.29, 1.82) is 0 Å². The summed E-state index contributed by atoms with van der Waals surface area (Å²) in [5.41, 5.74) is 3.02. The van der Waals surface area contributed by atoms with Crippen LogP contribution in [0.2, 0.25) is 0 Å². The molecule has 0 aliphatic rings. The Kier molecular flexibility index (Phi) is 5.63. The molecule has 2 aromatic rings. The molecule has 102 valence electrons. The van der Waals surface area contributed by atoms with Crippen molar-refractivity contribution in [2.45, 2.75) is 13.3 Å². The minimum absolute atomic E-state index is 0.148. The maximum atomic E-state index is 12.3. The molecule has 0 bridgehead atoms. The van der Waals surface area contributed by atoms with Gasteiger partial charge in [-0.25, -0.2) is 0 Å². The molecule has 2 rings (SSSR count). The Morgan fingerprint density at radius 2 is 1.60 bits per heavy atom. The number of thioether (sulfide) groups is 1. The van der Waals surface area contributed by atoms with Gasteiger partial charge in [0.2, 0.25) is 5.12 Å². The van der Waals surface area contributed by atoms with Gasteiger partial charge in [-0.15, -0.1) is 0 Å². The first-order valence-corrected chi connectivity index (χ1v) is 7.76. The smallest absolute Gasteiger partial charge is 0.219 e. The van der Waals surface area contributed by atoms with Gasteiger partial charge in [-0.05, 0) is 23.3 Å². The number of carbonyl (C=O) groups excluding carboxylic acids is 1. The fourth-order valence-electron chi connectivity index (χ4n) is 1.98.